The first-order valence-corrected chi connectivity index (χ1v) is 12.4. The number of aliphatic carboxylic acids is 4. The average molecular weight is 557 g/mol. The van der Waals surface area contributed by atoms with Gasteiger partial charge in [0.25, 0.3) is 0 Å². The van der Waals surface area contributed by atoms with Crippen molar-refractivity contribution in [2.24, 2.45) is 0 Å². The first-order chi connectivity index (χ1) is 16.5. The molecule has 0 aromatic rings. The molecule has 0 fully saturated rings. The molecular formula is C26H49KN2O8. The van der Waals surface area contributed by atoms with Crippen LogP contribution in [0.3, 0.4) is 0 Å². The number of nitrogens with zero attached hydrogens (tertiary/aromatic N) is 2. The van der Waals surface area contributed by atoms with E-state index in [0.717, 1.165) is 4.48 Å². The van der Waals surface area contributed by atoms with Crippen molar-refractivity contribution in [2.45, 2.75) is 66.2 Å². The summed E-state index contributed by atoms with van der Waals surface area (Å²) in [6.07, 6.45) is 9.96. The molecule has 0 amide bonds. The van der Waals surface area contributed by atoms with E-state index in [9.17, 15) is 34.5 Å². The van der Waals surface area contributed by atoms with Crippen molar-refractivity contribution >= 4 is 23.9 Å². The SMILES string of the molecule is CCCC[N+](CC)(CCCC)CCCC.C[N+](C)(C)C.O=C([O-])/C=C/C(=O)[O-].O=C([O-])/C=C\C(=O)O.[K+]. The fourth-order valence-corrected chi connectivity index (χ4v) is 2.57. The van der Waals surface area contributed by atoms with E-state index in [1.807, 2.05) is 0 Å². The minimum atomic E-state index is -1.55. The molecule has 37 heavy (non-hydrogen) atoms. The molecule has 10 nitrogen and oxygen atoms in total. The van der Waals surface area contributed by atoms with Crippen LogP contribution >= 0.6 is 0 Å². The molecule has 0 aliphatic carbocycles. The molecule has 0 radical (unpaired) electrons. The summed E-state index contributed by atoms with van der Waals surface area (Å²) < 4.78 is 2.38. The number of carbonyl (C=O) groups excluding carboxylic acids is 3. The van der Waals surface area contributed by atoms with Gasteiger partial charge in [0.1, 0.15) is 0 Å². The number of carboxylic acid groups (broad SMARTS) is 4. The summed E-state index contributed by atoms with van der Waals surface area (Å²) in [5.41, 5.74) is 0. The van der Waals surface area contributed by atoms with Crippen molar-refractivity contribution in [1.82, 2.24) is 0 Å². The van der Waals surface area contributed by atoms with E-state index in [-0.39, 0.29) is 51.4 Å². The molecule has 0 aliphatic rings. The van der Waals surface area contributed by atoms with Gasteiger partial charge in [0, 0.05) is 6.08 Å². The van der Waals surface area contributed by atoms with Gasteiger partial charge in [-0.2, -0.15) is 0 Å². The number of carboxylic acids is 4. The Morgan fingerprint density at radius 3 is 1.00 bits per heavy atom. The van der Waals surface area contributed by atoms with Gasteiger partial charge >= 0.3 is 57.4 Å². The molecule has 0 rings (SSSR count). The second kappa shape index (κ2) is 29.5. The molecule has 0 saturated heterocycles. The predicted octanol–water partition coefficient (Wildman–Crippen LogP) is -3.03. The van der Waals surface area contributed by atoms with Gasteiger partial charge in [-0.3, -0.25) is 0 Å². The van der Waals surface area contributed by atoms with Gasteiger partial charge in [0.15, 0.2) is 0 Å². The fourth-order valence-electron chi connectivity index (χ4n) is 2.57. The molecule has 1 N–H and O–H groups in total. The third-order valence-corrected chi connectivity index (χ3v) is 4.35. The average Bonchev–Trinajstić information content (AvgIpc) is 2.76. The Kier molecular flexibility index (Phi) is 36.5. The molecular weight excluding hydrogens is 507 g/mol. The maximum absolute atomic E-state index is 9.53. The van der Waals surface area contributed by atoms with Crippen molar-refractivity contribution in [1.29, 1.82) is 0 Å². The van der Waals surface area contributed by atoms with Crippen LogP contribution in [0, 0.1) is 0 Å². The van der Waals surface area contributed by atoms with E-state index >= 15 is 0 Å². The molecule has 0 heterocycles. The Morgan fingerprint density at radius 2 is 0.865 bits per heavy atom. The summed E-state index contributed by atoms with van der Waals surface area (Å²) in [5, 5.41) is 36.1. The van der Waals surface area contributed by atoms with Gasteiger partial charge in [-0.05, 0) is 44.4 Å². The summed E-state index contributed by atoms with van der Waals surface area (Å²) in [5.74, 6) is -5.90. The smallest absolute Gasteiger partial charge is 0.545 e. The maximum atomic E-state index is 9.53. The minimum Gasteiger partial charge on any atom is -0.545 e. The number of unbranched alkanes of at least 4 members (excludes halogenated alkanes) is 3. The van der Waals surface area contributed by atoms with E-state index < -0.39 is 23.9 Å². The van der Waals surface area contributed by atoms with Gasteiger partial charge in [0.05, 0.1) is 72.3 Å². The normalized spacial score (nSPS) is 10.6. The number of hydrogen-bond donors (Lipinski definition) is 1. The van der Waals surface area contributed by atoms with E-state index in [0.29, 0.717) is 24.3 Å². The summed E-state index contributed by atoms with van der Waals surface area (Å²) in [4.78, 5) is 37.8. The molecule has 0 spiro atoms. The number of rotatable bonds is 14. The third-order valence-electron chi connectivity index (χ3n) is 4.35. The Bertz CT molecular complexity index is 566. The zero-order valence-electron chi connectivity index (χ0n) is 24.6. The Balaban J connectivity index is -0.000000133. The van der Waals surface area contributed by atoms with Crippen molar-refractivity contribution < 1.29 is 100.0 Å². The third kappa shape index (κ3) is 52.2. The standard InChI is InChI=1S/C14H32N.C4H12N.2C4H4O4.K/c1-5-9-12-15(8-4,13-10-6-2)14-11-7-3;1-5(2,3)4;2*5-3(6)1-2-4(7)8;/h5-14H2,1-4H3;1-4H3;2*1-2H,(H,5,6)(H,7,8);/q2*+1;;;+1/p-3/b;;2-1+;2-1-;. The van der Waals surface area contributed by atoms with Crippen LogP contribution in [0.1, 0.15) is 66.2 Å². The minimum absolute atomic E-state index is 0. The van der Waals surface area contributed by atoms with Crippen LogP contribution in [0.15, 0.2) is 24.3 Å². The largest absolute Gasteiger partial charge is 1.00 e. The Morgan fingerprint density at radius 1 is 0.622 bits per heavy atom. The van der Waals surface area contributed by atoms with Crippen molar-refractivity contribution in [2.75, 3.05) is 54.4 Å². The molecule has 0 saturated carbocycles. The van der Waals surface area contributed by atoms with E-state index in [1.165, 1.54) is 69.2 Å². The zero-order chi connectivity index (χ0) is 29.2. The van der Waals surface area contributed by atoms with Crippen LogP contribution in [-0.4, -0.2) is 92.3 Å². The van der Waals surface area contributed by atoms with Gasteiger partial charge < -0.3 is 43.8 Å². The molecule has 11 heteroatoms. The van der Waals surface area contributed by atoms with E-state index in [2.05, 4.69) is 55.9 Å². The quantitative estimate of drug-likeness (QED) is 0.134. The predicted molar refractivity (Wildman–Crippen MR) is 135 cm³/mol. The molecule has 212 valence electrons. The van der Waals surface area contributed by atoms with Crippen molar-refractivity contribution in [3.63, 3.8) is 0 Å². The van der Waals surface area contributed by atoms with E-state index in [4.69, 9.17) is 5.11 Å². The Labute approximate surface area is 266 Å². The molecule has 0 unspecified atom stereocenters. The number of hydrogen-bond acceptors (Lipinski definition) is 7. The molecule has 0 atom stereocenters. The van der Waals surface area contributed by atoms with Crippen LogP contribution in [0.2, 0.25) is 0 Å². The van der Waals surface area contributed by atoms with Crippen LogP contribution in [-0.2, 0) is 19.2 Å². The van der Waals surface area contributed by atoms with Crippen LogP contribution < -0.4 is 66.7 Å². The van der Waals surface area contributed by atoms with Gasteiger partial charge in [-0.15, -0.1) is 0 Å². The fraction of sp³-hybridized carbons (Fsp3) is 0.692. The molecule has 0 bridgehead atoms. The summed E-state index contributed by atoms with van der Waals surface area (Å²) in [7, 11) is 8.50. The van der Waals surface area contributed by atoms with Crippen LogP contribution in [0.25, 0.3) is 0 Å². The number of carbonyl (C=O) groups is 4. The summed E-state index contributed by atoms with van der Waals surface area (Å²) >= 11 is 0. The van der Waals surface area contributed by atoms with E-state index in [1.54, 1.807) is 0 Å². The van der Waals surface area contributed by atoms with Crippen LogP contribution in [0.5, 0.6) is 0 Å². The molecule has 0 aromatic heterocycles. The maximum Gasteiger partial charge on any atom is 1.00 e. The van der Waals surface area contributed by atoms with Crippen LogP contribution in [0.4, 0.5) is 0 Å². The van der Waals surface area contributed by atoms with Gasteiger partial charge in [-0.1, -0.05) is 40.0 Å². The van der Waals surface area contributed by atoms with Crippen molar-refractivity contribution in [3.8, 4) is 0 Å². The van der Waals surface area contributed by atoms with Gasteiger partial charge in [-0.25, -0.2) is 4.79 Å². The molecule has 0 aliphatic heterocycles. The Hall–Kier alpha value is -1.08. The van der Waals surface area contributed by atoms with Gasteiger partial charge in [0.2, 0.25) is 0 Å². The second-order valence-electron chi connectivity index (χ2n) is 9.53. The topological polar surface area (TPSA) is 158 Å². The summed E-state index contributed by atoms with van der Waals surface area (Å²) in [6.45, 7) is 14.9. The first-order valence-electron chi connectivity index (χ1n) is 12.4. The number of quaternary nitrogens is 2. The summed E-state index contributed by atoms with van der Waals surface area (Å²) in [6, 6.07) is 0. The first kappa shape index (κ1) is 45.8. The zero-order valence-corrected chi connectivity index (χ0v) is 27.7. The molecule has 0 aromatic carbocycles. The second-order valence-corrected chi connectivity index (χ2v) is 9.53. The van der Waals surface area contributed by atoms with Crippen molar-refractivity contribution in [3.05, 3.63) is 24.3 Å². The monoisotopic (exact) mass is 556 g/mol.